The van der Waals surface area contributed by atoms with Gasteiger partial charge in [0.2, 0.25) is 0 Å². The molecule has 1 fully saturated rings. The Morgan fingerprint density at radius 1 is 0.900 bits per heavy atom. The van der Waals surface area contributed by atoms with E-state index < -0.39 is 0 Å². The SMILES string of the molecule is O=C(NC1CCCCCCC1)c1ccc2c(c1)CCCN2C(=O)c1cccc(Cl)c1. The maximum atomic E-state index is 13.0. The average Bonchev–Trinajstić information content (AvgIpc) is 2.74. The van der Waals surface area contributed by atoms with Gasteiger partial charge < -0.3 is 10.2 Å². The van der Waals surface area contributed by atoms with E-state index in [1.54, 1.807) is 29.2 Å². The Hall–Kier alpha value is -2.33. The third-order valence-electron chi connectivity index (χ3n) is 6.22. The smallest absolute Gasteiger partial charge is 0.258 e. The summed E-state index contributed by atoms with van der Waals surface area (Å²) in [7, 11) is 0. The van der Waals surface area contributed by atoms with Gasteiger partial charge in [0.25, 0.3) is 11.8 Å². The molecule has 1 heterocycles. The van der Waals surface area contributed by atoms with E-state index in [1.165, 1.54) is 32.1 Å². The molecule has 2 amide bonds. The van der Waals surface area contributed by atoms with Crippen molar-refractivity contribution in [2.24, 2.45) is 0 Å². The van der Waals surface area contributed by atoms with Crippen molar-refractivity contribution in [2.75, 3.05) is 11.4 Å². The highest BCUT2D eigenvalue weighted by Crippen LogP contribution is 2.30. The number of halogens is 1. The van der Waals surface area contributed by atoms with Gasteiger partial charge in [-0.2, -0.15) is 0 Å². The Bertz CT molecular complexity index is 919. The van der Waals surface area contributed by atoms with E-state index in [1.807, 2.05) is 18.2 Å². The van der Waals surface area contributed by atoms with E-state index in [-0.39, 0.29) is 17.9 Å². The molecule has 5 heteroatoms. The van der Waals surface area contributed by atoms with Crippen LogP contribution in [-0.4, -0.2) is 24.4 Å². The zero-order valence-electron chi connectivity index (χ0n) is 17.3. The standard InChI is InChI=1S/C25H29ClN2O2/c26-21-10-6-8-20(17-21)25(30)28-15-7-9-18-16-19(13-14-23(18)28)24(29)27-22-11-4-2-1-3-5-12-22/h6,8,10,13-14,16-17,22H,1-5,7,9,11-12,15H2,(H,27,29). The Kier molecular flexibility index (Phi) is 6.73. The van der Waals surface area contributed by atoms with Crippen LogP contribution in [0.15, 0.2) is 42.5 Å². The molecule has 1 aliphatic heterocycles. The predicted molar refractivity (Wildman–Crippen MR) is 121 cm³/mol. The lowest BCUT2D eigenvalue weighted by Crippen LogP contribution is -2.37. The number of rotatable bonds is 3. The van der Waals surface area contributed by atoms with E-state index in [2.05, 4.69) is 5.32 Å². The summed E-state index contributed by atoms with van der Waals surface area (Å²) in [6.07, 6.45) is 10.1. The van der Waals surface area contributed by atoms with Gasteiger partial charge in [-0.1, -0.05) is 49.8 Å². The van der Waals surface area contributed by atoms with Crippen LogP contribution in [0.25, 0.3) is 0 Å². The number of carbonyl (C=O) groups excluding carboxylic acids is 2. The molecular weight excluding hydrogens is 396 g/mol. The van der Waals surface area contributed by atoms with Crippen molar-refractivity contribution in [1.82, 2.24) is 5.32 Å². The Labute approximate surface area is 183 Å². The maximum Gasteiger partial charge on any atom is 0.258 e. The summed E-state index contributed by atoms with van der Waals surface area (Å²) in [5.41, 5.74) is 3.23. The number of hydrogen-bond donors (Lipinski definition) is 1. The zero-order chi connectivity index (χ0) is 20.9. The first-order valence-electron chi connectivity index (χ1n) is 11.1. The summed E-state index contributed by atoms with van der Waals surface area (Å²) in [6, 6.07) is 13.1. The number of amides is 2. The fourth-order valence-corrected chi connectivity index (χ4v) is 4.79. The number of nitrogens with one attached hydrogen (secondary N) is 1. The number of anilines is 1. The predicted octanol–water partition coefficient (Wildman–Crippen LogP) is 5.78. The fourth-order valence-electron chi connectivity index (χ4n) is 4.60. The number of nitrogens with zero attached hydrogens (tertiary/aromatic N) is 1. The van der Waals surface area contributed by atoms with Gasteiger partial charge in [-0.15, -0.1) is 0 Å². The Balaban J connectivity index is 1.50. The number of benzene rings is 2. The second kappa shape index (κ2) is 9.65. The summed E-state index contributed by atoms with van der Waals surface area (Å²) >= 11 is 6.07. The number of aryl methyl sites for hydroxylation is 1. The van der Waals surface area contributed by atoms with Crippen LogP contribution in [0.3, 0.4) is 0 Å². The van der Waals surface area contributed by atoms with Crippen molar-refractivity contribution >= 4 is 29.1 Å². The van der Waals surface area contributed by atoms with Crippen molar-refractivity contribution in [3.05, 3.63) is 64.2 Å². The highest BCUT2D eigenvalue weighted by atomic mass is 35.5. The van der Waals surface area contributed by atoms with Crippen LogP contribution >= 0.6 is 11.6 Å². The lowest BCUT2D eigenvalue weighted by molar-refractivity contribution is 0.0929. The molecule has 0 saturated heterocycles. The lowest BCUT2D eigenvalue weighted by Gasteiger charge is -2.30. The molecule has 0 unspecified atom stereocenters. The molecule has 0 bridgehead atoms. The summed E-state index contributed by atoms with van der Waals surface area (Å²) in [5.74, 6) is -0.0492. The normalized spacial score (nSPS) is 17.6. The van der Waals surface area contributed by atoms with Gasteiger partial charge in [-0.25, -0.2) is 0 Å². The van der Waals surface area contributed by atoms with E-state index >= 15 is 0 Å². The minimum Gasteiger partial charge on any atom is -0.349 e. The Morgan fingerprint density at radius 2 is 1.67 bits per heavy atom. The first kappa shape index (κ1) is 20.9. The van der Waals surface area contributed by atoms with E-state index in [4.69, 9.17) is 11.6 Å². The van der Waals surface area contributed by atoms with Gasteiger partial charge in [0, 0.05) is 34.4 Å². The molecule has 1 N–H and O–H groups in total. The molecule has 2 aromatic carbocycles. The summed E-state index contributed by atoms with van der Waals surface area (Å²) in [5, 5.41) is 3.80. The quantitative estimate of drug-likeness (QED) is 0.679. The van der Waals surface area contributed by atoms with Gasteiger partial charge in [0.05, 0.1) is 0 Å². The van der Waals surface area contributed by atoms with Crippen molar-refractivity contribution in [2.45, 2.75) is 63.8 Å². The fraction of sp³-hybridized carbons (Fsp3) is 0.440. The molecule has 4 rings (SSSR count). The number of fused-ring (bicyclic) bond motifs is 1. The van der Waals surface area contributed by atoms with Crippen LogP contribution in [0.5, 0.6) is 0 Å². The zero-order valence-corrected chi connectivity index (χ0v) is 18.1. The monoisotopic (exact) mass is 424 g/mol. The van der Waals surface area contributed by atoms with Crippen molar-refractivity contribution in [3.8, 4) is 0 Å². The second-order valence-electron chi connectivity index (χ2n) is 8.43. The highest BCUT2D eigenvalue weighted by molar-refractivity contribution is 6.31. The van der Waals surface area contributed by atoms with Crippen molar-refractivity contribution < 1.29 is 9.59 Å². The van der Waals surface area contributed by atoms with Crippen LogP contribution in [0.2, 0.25) is 5.02 Å². The van der Waals surface area contributed by atoms with Crippen LogP contribution in [0, 0.1) is 0 Å². The molecule has 0 aromatic heterocycles. The molecule has 0 spiro atoms. The van der Waals surface area contributed by atoms with E-state index in [0.717, 1.165) is 36.9 Å². The van der Waals surface area contributed by atoms with Gasteiger partial charge in [0.1, 0.15) is 0 Å². The minimum absolute atomic E-state index is 0.00154. The molecule has 158 valence electrons. The van der Waals surface area contributed by atoms with Crippen LogP contribution in [0.4, 0.5) is 5.69 Å². The summed E-state index contributed by atoms with van der Waals surface area (Å²) in [6.45, 7) is 0.673. The summed E-state index contributed by atoms with van der Waals surface area (Å²) < 4.78 is 0. The minimum atomic E-state index is -0.0508. The molecule has 4 nitrogen and oxygen atoms in total. The van der Waals surface area contributed by atoms with Gasteiger partial charge in [-0.05, 0) is 67.6 Å². The van der Waals surface area contributed by atoms with Crippen LogP contribution in [-0.2, 0) is 6.42 Å². The van der Waals surface area contributed by atoms with Gasteiger partial charge >= 0.3 is 0 Å². The molecule has 0 atom stereocenters. The number of carbonyl (C=O) groups is 2. The molecular formula is C25H29ClN2O2. The van der Waals surface area contributed by atoms with Crippen LogP contribution in [0.1, 0.15) is 77.6 Å². The maximum absolute atomic E-state index is 13.0. The Morgan fingerprint density at radius 3 is 2.43 bits per heavy atom. The van der Waals surface area contributed by atoms with Crippen LogP contribution < -0.4 is 10.2 Å². The largest absolute Gasteiger partial charge is 0.349 e. The second-order valence-corrected chi connectivity index (χ2v) is 8.87. The first-order valence-corrected chi connectivity index (χ1v) is 11.5. The van der Waals surface area contributed by atoms with Crippen molar-refractivity contribution in [1.29, 1.82) is 0 Å². The van der Waals surface area contributed by atoms with Gasteiger partial charge in [-0.3, -0.25) is 9.59 Å². The lowest BCUT2D eigenvalue weighted by atomic mass is 9.95. The topological polar surface area (TPSA) is 49.4 Å². The highest BCUT2D eigenvalue weighted by Gasteiger charge is 2.25. The molecule has 1 saturated carbocycles. The van der Waals surface area contributed by atoms with E-state index in [9.17, 15) is 9.59 Å². The van der Waals surface area contributed by atoms with Gasteiger partial charge in [0.15, 0.2) is 0 Å². The first-order chi connectivity index (χ1) is 14.6. The van der Waals surface area contributed by atoms with Crippen molar-refractivity contribution in [3.63, 3.8) is 0 Å². The number of hydrogen-bond acceptors (Lipinski definition) is 2. The molecule has 0 radical (unpaired) electrons. The van der Waals surface area contributed by atoms with E-state index in [0.29, 0.717) is 22.7 Å². The third kappa shape index (κ3) is 4.86. The summed E-state index contributed by atoms with van der Waals surface area (Å²) in [4.78, 5) is 27.7. The average molecular weight is 425 g/mol. The molecule has 2 aliphatic rings. The molecule has 1 aliphatic carbocycles. The molecule has 2 aromatic rings. The third-order valence-corrected chi connectivity index (χ3v) is 6.45. The molecule has 30 heavy (non-hydrogen) atoms.